The molecule has 1 aliphatic rings. The number of ether oxygens (including phenoxy) is 1. The largest absolute Gasteiger partial charge is 0.394 e. The number of nitrogens with one attached hydrogen (secondary N) is 1. The standard InChI is InChI=1S/C15H19F3N2O3/c1-10-7-20(8-13(9-21)23-10)14(22)19-12-4-2-11(3-5-12)6-15(16,17)18/h2-5,10,13,21H,6-9H2,1H3,(H,19,22)/t10-,13-/m0/s1. The molecule has 5 nitrogen and oxygen atoms in total. The number of benzene rings is 1. The molecule has 0 unspecified atom stereocenters. The molecule has 1 aromatic rings. The number of alkyl halides is 3. The van der Waals surface area contributed by atoms with E-state index < -0.39 is 18.7 Å². The minimum Gasteiger partial charge on any atom is -0.394 e. The number of morpholine rings is 1. The summed E-state index contributed by atoms with van der Waals surface area (Å²) >= 11 is 0. The van der Waals surface area contributed by atoms with Crippen LogP contribution in [0.2, 0.25) is 0 Å². The molecule has 1 heterocycles. The molecule has 2 rings (SSSR count). The number of carbonyl (C=O) groups is 1. The van der Waals surface area contributed by atoms with Crippen LogP contribution in [0.25, 0.3) is 0 Å². The van der Waals surface area contributed by atoms with Crippen molar-refractivity contribution in [2.75, 3.05) is 25.0 Å². The first kappa shape index (κ1) is 17.6. The van der Waals surface area contributed by atoms with Crippen LogP contribution < -0.4 is 5.32 Å². The van der Waals surface area contributed by atoms with Crippen LogP contribution >= 0.6 is 0 Å². The zero-order chi connectivity index (χ0) is 17.0. The van der Waals surface area contributed by atoms with E-state index in [4.69, 9.17) is 9.84 Å². The number of carbonyl (C=O) groups excluding carboxylic acids is 1. The Morgan fingerprint density at radius 2 is 2.00 bits per heavy atom. The first-order valence-corrected chi connectivity index (χ1v) is 7.25. The summed E-state index contributed by atoms with van der Waals surface area (Å²) in [6.45, 7) is 2.27. The van der Waals surface area contributed by atoms with E-state index in [1.807, 2.05) is 0 Å². The Bertz CT molecular complexity index is 534. The van der Waals surface area contributed by atoms with Gasteiger partial charge in [-0.25, -0.2) is 4.79 Å². The van der Waals surface area contributed by atoms with E-state index in [1.165, 1.54) is 29.2 Å². The van der Waals surface area contributed by atoms with Gasteiger partial charge in [0.25, 0.3) is 0 Å². The number of halogens is 3. The Hall–Kier alpha value is -1.80. The van der Waals surface area contributed by atoms with Crippen LogP contribution in [0, 0.1) is 0 Å². The van der Waals surface area contributed by atoms with Crippen LogP contribution in [0.1, 0.15) is 12.5 Å². The molecule has 0 bridgehead atoms. The van der Waals surface area contributed by atoms with Gasteiger partial charge in [-0.05, 0) is 24.6 Å². The van der Waals surface area contributed by atoms with Crippen LogP contribution in [-0.4, -0.2) is 54.1 Å². The highest BCUT2D eigenvalue weighted by Crippen LogP contribution is 2.22. The number of hydrogen-bond donors (Lipinski definition) is 2. The maximum atomic E-state index is 12.3. The minimum absolute atomic E-state index is 0.135. The van der Waals surface area contributed by atoms with Crippen molar-refractivity contribution < 1.29 is 27.8 Å². The summed E-state index contributed by atoms with van der Waals surface area (Å²) in [5.41, 5.74) is 0.552. The van der Waals surface area contributed by atoms with Crippen molar-refractivity contribution >= 4 is 11.7 Å². The molecule has 128 valence electrons. The van der Waals surface area contributed by atoms with Crippen molar-refractivity contribution in [1.29, 1.82) is 0 Å². The molecule has 1 aromatic carbocycles. The predicted molar refractivity (Wildman–Crippen MR) is 78.2 cm³/mol. The summed E-state index contributed by atoms with van der Waals surface area (Å²) < 4.78 is 42.3. The average molecular weight is 332 g/mol. The van der Waals surface area contributed by atoms with Gasteiger partial charge in [-0.3, -0.25) is 0 Å². The van der Waals surface area contributed by atoms with Crippen molar-refractivity contribution in [3.05, 3.63) is 29.8 Å². The monoisotopic (exact) mass is 332 g/mol. The third kappa shape index (κ3) is 5.40. The summed E-state index contributed by atoms with van der Waals surface area (Å²) in [5.74, 6) is 0. The molecule has 0 saturated carbocycles. The van der Waals surface area contributed by atoms with Crippen LogP contribution in [0.15, 0.2) is 24.3 Å². The molecule has 0 radical (unpaired) electrons. The van der Waals surface area contributed by atoms with Crippen LogP contribution in [0.3, 0.4) is 0 Å². The molecule has 2 atom stereocenters. The lowest BCUT2D eigenvalue weighted by molar-refractivity contribution is -0.127. The fourth-order valence-electron chi connectivity index (χ4n) is 2.45. The van der Waals surface area contributed by atoms with Gasteiger partial charge in [0.05, 0.1) is 31.8 Å². The van der Waals surface area contributed by atoms with Gasteiger partial charge in [0.15, 0.2) is 0 Å². The lowest BCUT2D eigenvalue weighted by Gasteiger charge is -2.36. The second-order valence-corrected chi connectivity index (χ2v) is 5.58. The number of hydrogen-bond acceptors (Lipinski definition) is 3. The molecule has 0 aliphatic carbocycles. The maximum absolute atomic E-state index is 12.3. The van der Waals surface area contributed by atoms with Gasteiger partial charge in [0.1, 0.15) is 0 Å². The zero-order valence-corrected chi connectivity index (χ0v) is 12.6. The maximum Gasteiger partial charge on any atom is 0.393 e. The zero-order valence-electron chi connectivity index (χ0n) is 12.6. The second kappa shape index (κ2) is 7.18. The third-order valence-corrected chi connectivity index (χ3v) is 3.43. The summed E-state index contributed by atoms with van der Waals surface area (Å²) in [5, 5.41) is 11.8. The van der Waals surface area contributed by atoms with Crippen LogP contribution in [0.5, 0.6) is 0 Å². The highest BCUT2D eigenvalue weighted by molar-refractivity contribution is 5.89. The first-order valence-electron chi connectivity index (χ1n) is 7.25. The smallest absolute Gasteiger partial charge is 0.393 e. The number of rotatable bonds is 3. The Balaban J connectivity index is 1.94. The highest BCUT2D eigenvalue weighted by Gasteiger charge is 2.29. The molecule has 0 aromatic heterocycles. The molecule has 23 heavy (non-hydrogen) atoms. The summed E-state index contributed by atoms with van der Waals surface area (Å²) in [6.07, 6.45) is -5.88. The lowest BCUT2D eigenvalue weighted by Crippen LogP contribution is -2.51. The van der Waals surface area contributed by atoms with Gasteiger partial charge in [-0.15, -0.1) is 0 Å². The number of aliphatic hydroxyl groups is 1. The molecular weight excluding hydrogens is 313 g/mol. The third-order valence-electron chi connectivity index (χ3n) is 3.43. The van der Waals surface area contributed by atoms with E-state index in [1.54, 1.807) is 6.92 Å². The van der Waals surface area contributed by atoms with Gasteiger partial charge >= 0.3 is 12.2 Å². The average Bonchev–Trinajstić information content (AvgIpc) is 2.47. The molecule has 2 amide bonds. The fraction of sp³-hybridized carbons (Fsp3) is 0.533. The number of nitrogens with zero attached hydrogens (tertiary/aromatic N) is 1. The van der Waals surface area contributed by atoms with Crippen molar-refractivity contribution in [3.63, 3.8) is 0 Å². The Morgan fingerprint density at radius 1 is 1.35 bits per heavy atom. The minimum atomic E-state index is -4.26. The van der Waals surface area contributed by atoms with Gasteiger partial charge < -0.3 is 20.1 Å². The Kier molecular flexibility index (Phi) is 5.48. The van der Waals surface area contributed by atoms with Gasteiger partial charge in [-0.2, -0.15) is 13.2 Å². The van der Waals surface area contributed by atoms with Crippen molar-refractivity contribution in [2.24, 2.45) is 0 Å². The molecule has 1 saturated heterocycles. The van der Waals surface area contributed by atoms with E-state index in [2.05, 4.69) is 5.32 Å². The molecule has 1 aliphatic heterocycles. The van der Waals surface area contributed by atoms with Crippen molar-refractivity contribution in [2.45, 2.75) is 31.7 Å². The number of urea groups is 1. The predicted octanol–water partition coefficient (Wildman–Crippen LogP) is 2.40. The quantitative estimate of drug-likeness (QED) is 0.893. The van der Waals surface area contributed by atoms with E-state index in [0.29, 0.717) is 12.2 Å². The summed E-state index contributed by atoms with van der Waals surface area (Å²) in [4.78, 5) is 13.7. The fourth-order valence-corrected chi connectivity index (χ4v) is 2.45. The van der Waals surface area contributed by atoms with Crippen LogP contribution in [0.4, 0.5) is 23.7 Å². The van der Waals surface area contributed by atoms with Crippen molar-refractivity contribution in [1.82, 2.24) is 4.90 Å². The summed E-state index contributed by atoms with van der Waals surface area (Å²) in [6, 6.07) is 5.17. The second-order valence-electron chi connectivity index (χ2n) is 5.58. The van der Waals surface area contributed by atoms with Crippen LogP contribution in [-0.2, 0) is 11.2 Å². The normalized spacial score (nSPS) is 22.0. The number of anilines is 1. The molecular formula is C15H19F3N2O3. The van der Waals surface area contributed by atoms with E-state index in [9.17, 15) is 18.0 Å². The number of aliphatic hydroxyl groups excluding tert-OH is 1. The van der Waals surface area contributed by atoms with Gasteiger partial charge in [0.2, 0.25) is 0 Å². The highest BCUT2D eigenvalue weighted by atomic mass is 19.4. The molecule has 0 spiro atoms. The SMILES string of the molecule is C[C@H]1CN(C(=O)Nc2ccc(CC(F)(F)F)cc2)C[C@@H](CO)O1. The molecule has 1 fully saturated rings. The van der Waals surface area contributed by atoms with E-state index >= 15 is 0 Å². The molecule has 2 N–H and O–H groups in total. The molecule has 8 heteroatoms. The Labute approximate surface area is 132 Å². The van der Waals surface area contributed by atoms with E-state index in [-0.39, 0.29) is 30.9 Å². The topological polar surface area (TPSA) is 61.8 Å². The van der Waals surface area contributed by atoms with Gasteiger partial charge in [0, 0.05) is 12.2 Å². The summed E-state index contributed by atoms with van der Waals surface area (Å²) in [7, 11) is 0. The Morgan fingerprint density at radius 3 is 2.57 bits per heavy atom. The number of amides is 2. The van der Waals surface area contributed by atoms with Gasteiger partial charge in [-0.1, -0.05) is 12.1 Å². The lowest BCUT2D eigenvalue weighted by atomic mass is 10.1. The van der Waals surface area contributed by atoms with Crippen molar-refractivity contribution in [3.8, 4) is 0 Å². The van der Waals surface area contributed by atoms with E-state index in [0.717, 1.165) is 0 Å². The first-order chi connectivity index (χ1) is 10.8.